The summed E-state index contributed by atoms with van der Waals surface area (Å²) < 4.78 is 0. The first-order valence-corrected chi connectivity index (χ1v) is 3.86. The van der Waals surface area contributed by atoms with Gasteiger partial charge in [-0.2, -0.15) is 0 Å². The maximum atomic E-state index is 10.5. The first kappa shape index (κ1) is 10.4. The molecule has 0 atom stereocenters. The lowest BCUT2D eigenvalue weighted by molar-refractivity contribution is -0.119. The number of nitrogens with one attached hydrogen (secondary N) is 1. The van der Waals surface area contributed by atoms with Gasteiger partial charge in [-0.05, 0) is 13.6 Å². The number of likely N-dealkylation sites (N-methyl/N-ethyl adjacent to an activating group) is 2. The van der Waals surface area contributed by atoms with Crippen molar-refractivity contribution in [2.45, 2.75) is 6.92 Å². The molecule has 0 bridgehead atoms. The third-order valence-electron chi connectivity index (χ3n) is 1.50. The van der Waals surface area contributed by atoms with Gasteiger partial charge in [-0.25, -0.2) is 0 Å². The zero-order valence-electron chi connectivity index (χ0n) is 7.26. The Morgan fingerprint density at radius 1 is 1.64 bits per heavy atom. The number of nitrogens with zero attached hydrogens (tertiary/aromatic N) is 1. The molecule has 0 heterocycles. The van der Waals surface area contributed by atoms with Crippen molar-refractivity contribution in [2.75, 3.05) is 33.2 Å². The fourth-order valence-corrected chi connectivity index (χ4v) is 0.839. The van der Waals surface area contributed by atoms with Crippen molar-refractivity contribution in [3.63, 3.8) is 0 Å². The third-order valence-corrected chi connectivity index (χ3v) is 1.50. The first-order chi connectivity index (χ1) is 5.20. The second kappa shape index (κ2) is 6.12. The van der Waals surface area contributed by atoms with Crippen LogP contribution in [0.1, 0.15) is 6.92 Å². The minimum absolute atomic E-state index is 0.261. The first-order valence-electron chi connectivity index (χ1n) is 3.86. The second-order valence-corrected chi connectivity index (χ2v) is 2.44. The van der Waals surface area contributed by atoms with Gasteiger partial charge in [0.1, 0.15) is 0 Å². The van der Waals surface area contributed by atoms with Crippen LogP contribution in [0, 0.1) is 0 Å². The van der Waals surface area contributed by atoms with Crippen molar-refractivity contribution >= 4 is 5.91 Å². The smallest absolute Gasteiger partial charge is 0.231 e. The quantitative estimate of drug-likeness (QED) is 0.523. The molecule has 1 amide bonds. The standard InChI is InChI=1S/C7H17N3O/c1-3-10(5-4-9-2)6-7(8)11/h9H,3-6H2,1-2H3,(H2,8,11). The summed E-state index contributed by atoms with van der Waals surface area (Å²) in [5, 5.41) is 3.01. The summed E-state index contributed by atoms with van der Waals surface area (Å²) in [7, 11) is 1.89. The highest BCUT2D eigenvalue weighted by atomic mass is 16.1. The van der Waals surface area contributed by atoms with Crippen molar-refractivity contribution < 1.29 is 4.79 Å². The Hall–Kier alpha value is -0.610. The largest absolute Gasteiger partial charge is 0.369 e. The number of hydrogen-bond donors (Lipinski definition) is 2. The van der Waals surface area contributed by atoms with E-state index in [1.807, 2.05) is 18.9 Å². The third kappa shape index (κ3) is 5.82. The number of nitrogens with two attached hydrogens (primary N) is 1. The Bertz CT molecular complexity index is 116. The molecule has 4 heteroatoms. The second-order valence-electron chi connectivity index (χ2n) is 2.44. The van der Waals surface area contributed by atoms with Gasteiger partial charge < -0.3 is 11.1 Å². The van der Waals surface area contributed by atoms with E-state index in [0.717, 1.165) is 19.6 Å². The highest BCUT2D eigenvalue weighted by molar-refractivity contribution is 5.75. The molecule has 0 unspecified atom stereocenters. The molecule has 0 fully saturated rings. The van der Waals surface area contributed by atoms with Crippen molar-refractivity contribution in [1.29, 1.82) is 0 Å². The van der Waals surface area contributed by atoms with Crippen LogP contribution in [0.5, 0.6) is 0 Å². The van der Waals surface area contributed by atoms with Crippen molar-refractivity contribution in [3.8, 4) is 0 Å². The lowest BCUT2D eigenvalue weighted by Crippen LogP contribution is -2.37. The van der Waals surface area contributed by atoms with Gasteiger partial charge in [-0.15, -0.1) is 0 Å². The van der Waals surface area contributed by atoms with Crippen LogP contribution in [0.25, 0.3) is 0 Å². The normalized spacial score (nSPS) is 10.5. The zero-order valence-corrected chi connectivity index (χ0v) is 7.26. The molecule has 66 valence electrons. The number of carbonyl (C=O) groups excluding carboxylic acids is 1. The summed E-state index contributed by atoms with van der Waals surface area (Å²) in [6.07, 6.45) is 0. The van der Waals surface area contributed by atoms with Crippen molar-refractivity contribution in [1.82, 2.24) is 10.2 Å². The zero-order chi connectivity index (χ0) is 8.69. The fourth-order valence-electron chi connectivity index (χ4n) is 0.839. The maximum absolute atomic E-state index is 10.5. The lowest BCUT2D eigenvalue weighted by Gasteiger charge is -2.17. The number of hydrogen-bond acceptors (Lipinski definition) is 3. The van der Waals surface area contributed by atoms with Gasteiger partial charge in [0.25, 0.3) is 0 Å². The predicted molar refractivity (Wildman–Crippen MR) is 45.2 cm³/mol. The summed E-state index contributed by atoms with van der Waals surface area (Å²) in [5.74, 6) is -0.261. The summed E-state index contributed by atoms with van der Waals surface area (Å²) in [6, 6.07) is 0. The summed E-state index contributed by atoms with van der Waals surface area (Å²) in [4.78, 5) is 12.5. The van der Waals surface area contributed by atoms with Gasteiger partial charge in [0.2, 0.25) is 5.91 Å². The molecule has 0 radical (unpaired) electrons. The van der Waals surface area contributed by atoms with Crippen LogP contribution in [0.3, 0.4) is 0 Å². The van der Waals surface area contributed by atoms with Crippen LogP contribution in [0.15, 0.2) is 0 Å². The van der Waals surface area contributed by atoms with Crippen LogP contribution in [0.2, 0.25) is 0 Å². The Balaban J connectivity index is 3.49. The maximum Gasteiger partial charge on any atom is 0.231 e. The molecule has 0 spiro atoms. The van der Waals surface area contributed by atoms with E-state index in [9.17, 15) is 4.79 Å². The molecule has 3 N–H and O–H groups in total. The van der Waals surface area contributed by atoms with Crippen LogP contribution in [-0.2, 0) is 4.79 Å². The molecule has 0 saturated carbocycles. The molecule has 0 saturated heterocycles. The molecule has 0 aliphatic rings. The molecular weight excluding hydrogens is 142 g/mol. The molecule has 0 aliphatic carbocycles. The van der Waals surface area contributed by atoms with Crippen molar-refractivity contribution in [3.05, 3.63) is 0 Å². The minimum atomic E-state index is -0.261. The minimum Gasteiger partial charge on any atom is -0.369 e. The molecule has 11 heavy (non-hydrogen) atoms. The Morgan fingerprint density at radius 2 is 2.27 bits per heavy atom. The van der Waals surface area contributed by atoms with Gasteiger partial charge in [0.15, 0.2) is 0 Å². The Labute approximate surface area is 67.7 Å². The monoisotopic (exact) mass is 159 g/mol. The summed E-state index contributed by atoms with van der Waals surface area (Å²) in [6.45, 7) is 5.00. The van der Waals surface area contributed by atoms with E-state index in [4.69, 9.17) is 5.73 Å². The van der Waals surface area contributed by atoms with Crippen LogP contribution >= 0.6 is 0 Å². The molecular formula is C7H17N3O. The van der Waals surface area contributed by atoms with E-state index in [1.165, 1.54) is 0 Å². The topological polar surface area (TPSA) is 58.4 Å². The summed E-state index contributed by atoms with van der Waals surface area (Å²) >= 11 is 0. The van der Waals surface area contributed by atoms with E-state index in [-0.39, 0.29) is 5.91 Å². The highest BCUT2D eigenvalue weighted by Gasteiger charge is 2.03. The molecule has 4 nitrogen and oxygen atoms in total. The molecule has 0 aliphatic heterocycles. The van der Waals surface area contributed by atoms with Gasteiger partial charge in [-0.1, -0.05) is 6.92 Å². The van der Waals surface area contributed by atoms with E-state index in [1.54, 1.807) is 0 Å². The van der Waals surface area contributed by atoms with Crippen LogP contribution in [0.4, 0.5) is 0 Å². The van der Waals surface area contributed by atoms with E-state index >= 15 is 0 Å². The average molecular weight is 159 g/mol. The van der Waals surface area contributed by atoms with Crippen LogP contribution in [-0.4, -0.2) is 44.0 Å². The number of amides is 1. The SMILES string of the molecule is CCN(CCNC)CC(N)=O. The average Bonchev–Trinajstić information content (AvgIpc) is 1.97. The van der Waals surface area contributed by atoms with Crippen LogP contribution < -0.4 is 11.1 Å². The van der Waals surface area contributed by atoms with Gasteiger partial charge >= 0.3 is 0 Å². The number of carbonyl (C=O) groups is 1. The molecule has 0 aromatic carbocycles. The predicted octanol–water partition coefficient (Wildman–Crippen LogP) is -0.987. The molecule has 0 rings (SSSR count). The van der Waals surface area contributed by atoms with Gasteiger partial charge in [0, 0.05) is 13.1 Å². The summed E-state index contributed by atoms with van der Waals surface area (Å²) in [5.41, 5.74) is 5.04. The number of rotatable bonds is 6. The fraction of sp³-hybridized carbons (Fsp3) is 0.857. The Morgan fingerprint density at radius 3 is 2.64 bits per heavy atom. The molecule has 0 aromatic heterocycles. The molecule has 0 aromatic rings. The number of primary amides is 1. The Kier molecular flexibility index (Phi) is 5.78. The van der Waals surface area contributed by atoms with Crippen molar-refractivity contribution in [2.24, 2.45) is 5.73 Å². The van der Waals surface area contributed by atoms with Gasteiger partial charge in [-0.3, -0.25) is 9.69 Å². The van der Waals surface area contributed by atoms with E-state index < -0.39 is 0 Å². The van der Waals surface area contributed by atoms with E-state index in [0.29, 0.717) is 6.54 Å². The van der Waals surface area contributed by atoms with E-state index in [2.05, 4.69) is 5.32 Å². The van der Waals surface area contributed by atoms with Gasteiger partial charge in [0.05, 0.1) is 6.54 Å². The highest BCUT2D eigenvalue weighted by Crippen LogP contribution is 1.83. The lowest BCUT2D eigenvalue weighted by atomic mass is 10.4.